The van der Waals surface area contributed by atoms with Crippen molar-refractivity contribution < 1.29 is 13.9 Å². The molecule has 2 rings (SSSR count). The number of carbonyl (C=O) groups is 1. The van der Waals surface area contributed by atoms with Crippen molar-refractivity contribution in [2.45, 2.75) is 45.1 Å². The predicted molar refractivity (Wildman–Crippen MR) is 90.6 cm³/mol. The van der Waals surface area contributed by atoms with Crippen molar-refractivity contribution in [3.8, 4) is 0 Å². The van der Waals surface area contributed by atoms with Crippen LogP contribution in [0.4, 0.5) is 14.9 Å². The highest BCUT2D eigenvalue weighted by molar-refractivity contribution is 6.33. The fourth-order valence-electron chi connectivity index (χ4n) is 2.97. The van der Waals surface area contributed by atoms with Gasteiger partial charge >= 0.3 is 6.03 Å². The van der Waals surface area contributed by atoms with Gasteiger partial charge in [0.05, 0.1) is 10.7 Å². The van der Waals surface area contributed by atoms with Gasteiger partial charge in [-0.1, -0.05) is 11.6 Å². The standard InChI is InChI=1S/C17H24ClFN2O2/c1-12-10-16(14(18)11-15(12)19)20-17(22)21-8-4-3-6-13(21)7-5-9-23-2/h10-11,13H,3-9H2,1-2H3,(H,20,22)/t13-/m1/s1. The second-order valence-corrected chi connectivity index (χ2v) is 6.40. The van der Waals surface area contributed by atoms with Gasteiger partial charge in [0.15, 0.2) is 0 Å². The summed E-state index contributed by atoms with van der Waals surface area (Å²) in [6.45, 7) is 3.09. The first kappa shape index (κ1) is 18.0. The SMILES string of the molecule is COCCC[C@H]1CCCCN1C(=O)Nc1cc(C)c(F)cc1Cl. The summed E-state index contributed by atoms with van der Waals surface area (Å²) >= 11 is 6.03. The number of piperidine rings is 1. The number of hydrogen-bond acceptors (Lipinski definition) is 2. The van der Waals surface area contributed by atoms with Crippen LogP contribution < -0.4 is 5.32 Å². The Morgan fingerprint density at radius 2 is 2.26 bits per heavy atom. The van der Waals surface area contributed by atoms with E-state index in [1.54, 1.807) is 20.1 Å². The van der Waals surface area contributed by atoms with Crippen molar-refractivity contribution in [3.05, 3.63) is 28.5 Å². The topological polar surface area (TPSA) is 41.6 Å². The summed E-state index contributed by atoms with van der Waals surface area (Å²) in [7, 11) is 1.68. The van der Waals surface area contributed by atoms with Crippen molar-refractivity contribution in [2.75, 3.05) is 25.6 Å². The second-order valence-electron chi connectivity index (χ2n) is 5.99. The number of nitrogens with zero attached hydrogens (tertiary/aromatic N) is 1. The van der Waals surface area contributed by atoms with Gasteiger partial charge in [-0.15, -0.1) is 0 Å². The van der Waals surface area contributed by atoms with Crippen LogP contribution in [-0.2, 0) is 4.74 Å². The molecule has 0 radical (unpaired) electrons. The number of benzene rings is 1. The predicted octanol–water partition coefficient (Wildman–Crippen LogP) is 4.60. The number of aryl methyl sites for hydroxylation is 1. The third-order valence-corrected chi connectivity index (χ3v) is 4.58. The van der Waals surface area contributed by atoms with Crippen LogP contribution in [0, 0.1) is 12.7 Å². The van der Waals surface area contributed by atoms with Gasteiger partial charge in [-0.05, 0) is 56.7 Å². The van der Waals surface area contributed by atoms with E-state index in [1.165, 1.54) is 6.07 Å². The molecule has 0 saturated carbocycles. The van der Waals surface area contributed by atoms with Gasteiger partial charge in [0, 0.05) is 26.3 Å². The van der Waals surface area contributed by atoms with Gasteiger partial charge in [-0.2, -0.15) is 0 Å². The molecule has 1 fully saturated rings. The van der Waals surface area contributed by atoms with Crippen LogP contribution in [0.5, 0.6) is 0 Å². The molecular formula is C17H24ClFN2O2. The van der Waals surface area contributed by atoms with Crippen LogP contribution in [0.2, 0.25) is 5.02 Å². The molecule has 1 aromatic rings. The first-order chi connectivity index (χ1) is 11.0. The van der Waals surface area contributed by atoms with E-state index in [4.69, 9.17) is 16.3 Å². The highest BCUT2D eigenvalue weighted by Crippen LogP contribution is 2.27. The number of nitrogens with one attached hydrogen (secondary N) is 1. The molecule has 0 bridgehead atoms. The Bertz CT molecular complexity index is 554. The molecule has 0 unspecified atom stereocenters. The van der Waals surface area contributed by atoms with E-state index in [2.05, 4.69) is 5.32 Å². The molecule has 0 spiro atoms. The fraction of sp³-hybridized carbons (Fsp3) is 0.588. The number of anilines is 1. The Morgan fingerprint density at radius 3 is 3.00 bits per heavy atom. The normalized spacial score (nSPS) is 18.1. The molecule has 1 atom stereocenters. The number of halogens is 2. The average Bonchev–Trinajstić information content (AvgIpc) is 2.53. The van der Waals surface area contributed by atoms with Crippen LogP contribution in [0.25, 0.3) is 0 Å². The quantitative estimate of drug-likeness (QED) is 0.794. The number of carbonyl (C=O) groups excluding carboxylic acids is 1. The first-order valence-corrected chi connectivity index (χ1v) is 8.43. The lowest BCUT2D eigenvalue weighted by atomic mass is 9.98. The smallest absolute Gasteiger partial charge is 0.322 e. The molecule has 1 saturated heterocycles. The van der Waals surface area contributed by atoms with Crippen molar-refractivity contribution >= 4 is 23.3 Å². The highest BCUT2D eigenvalue weighted by atomic mass is 35.5. The molecule has 1 heterocycles. The Morgan fingerprint density at radius 1 is 1.48 bits per heavy atom. The summed E-state index contributed by atoms with van der Waals surface area (Å²) in [6, 6.07) is 2.86. The molecule has 1 N–H and O–H groups in total. The Balaban J connectivity index is 2.04. The van der Waals surface area contributed by atoms with Gasteiger partial charge in [-0.25, -0.2) is 9.18 Å². The minimum atomic E-state index is -0.372. The highest BCUT2D eigenvalue weighted by Gasteiger charge is 2.26. The molecule has 4 nitrogen and oxygen atoms in total. The zero-order chi connectivity index (χ0) is 16.8. The lowest BCUT2D eigenvalue weighted by Crippen LogP contribution is -2.46. The van der Waals surface area contributed by atoms with Gasteiger partial charge in [-0.3, -0.25) is 0 Å². The van der Waals surface area contributed by atoms with Crippen molar-refractivity contribution in [1.29, 1.82) is 0 Å². The van der Waals surface area contributed by atoms with Crippen LogP contribution >= 0.6 is 11.6 Å². The third-order valence-electron chi connectivity index (χ3n) is 4.26. The third kappa shape index (κ3) is 4.82. The molecule has 0 aliphatic carbocycles. The summed E-state index contributed by atoms with van der Waals surface area (Å²) < 4.78 is 18.6. The lowest BCUT2D eigenvalue weighted by Gasteiger charge is -2.36. The van der Waals surface area contributed by atoms with E-state index in [-0.39, 0.29) is 22.9 Å². The molecule has 128 valence electrons. The maximum Gasteiger partial charge on any atom is 0.322 e. The van der Waals surface area contributed by atoms with Crippen LogP contribution in [0.3, 0.4) is 0 Å². The first-order valence-electron chi connectivity index (χ1n) is 8.05. The largest absolute Gasteiger partial charge is 0.385 e. The van der Waals surface area contributed by atoms with Gasteiger partial charge in [0.1, 0.15) is 5.82 Å². The minimum Gasteiger partial charge on any atom is -0.385 e. The van der Waals surface area contributed by atoms with E-state index in [9.17, 15) is 9.18 Å². The van der Waals surface area contributed by atoms with E-state index in [0.717, 1.165) is 38.6 Å². The summed E-state index contributed by atoms with van der Waals surface area (Å²) in [4.78, 5) is 14.5. The zero-order valence-corrected chi connectivity index (χ0v) is 14.5. The van der Waals surface area contributed by atoms with Crippen LogP contribution in [0.15, 0.2) is 12.1 Å². The Kier molecular flexibility index (Phi) is 6.66. The molecule has 6 heteroatoms. The van der Waals surface area contributed by atoms with Crippen molar-refractivity contribution in [3.63, 3.8) is 0 Å². The van der Waals surface area contributed by atoms with E-state index < -0.39 is 0 Å². The Hall–Kier alpha value is -1.33. The molecule has 1 aromatic carbocycles. The number of urea groups is 1. The van der Waals surface area contributed by atoms with Crippen molar-refractivity contribution in [1.82, 2.24) is 4.90 Å². The van der Waals surface area contributed by atoms with E-state index in [1.807, 2.05) is 4.90 Å². The van der Waals surface area contributed by atoms with Crippen molar-refractivity contribution in [2.24, 2.45) is 0 Å². The number of likely N-dealkylation sites (tertiary alicyclic amines) is 1. The summed E-state index contributed by atoms with van der Waals surface area (Å²) in [6.07, 6.45) is 5.01. The number of ether oxygens (including phenoxy) is 1. The summed E-state index contributed by atoms with van der Waals surface area (Å²) in [5.41, 5.74) is 0.914. The number of hydrogen-bond donors (Lipinski definition) is 1. The summed E-state index contributed by atoms with van der Waals surface area (Å²) in [5, 5.41) is 3.04. The average molecular weight is 343 g/mol. The fourth-order valence-corrected chi connectivity index (χ4v) is 3.17. The van der Waals surface area contributed by atoms with E-state index in [0.29, 0.717) is 17.9 Å². The maximum atomic E-state index is 13.5. The van der Waals surface area contributed by atoms with Gasteiger partial charge in [0.25, 0.3) is 0 Å². The van der Waals surface area contributed by atoms with Crippen LogP contribution in [0.1, 0.15) is 37.7 Å². The molecule has 2 amide bonds. The van der Waals surface area contributed by atoms with E-state index >= 15 is 0 Å². The zero-order valence-electron chi connectivity index (χ0n) is 13.7. The minimum absolute atomic E-state index is 0.167. The molecule has 23 heavy (non-hydrogen) atoms. The lowest BCUT2D eigenvalue weighted by molar-refractivity contribution is 0.141. The summed E-state index contributed by atoms with van der Waals surface area (Å²) in [5.74, 6) is -0.372. The number of rotatable bonds is 5. The molecule has 1 aliphatic heterocycles. The maximum absolute atomic E-state index is 13.5. The van der Waals surface area contributed by atoms with Gasteiger partial charge < -0.3 is 15.0 Å². The monoisotopic (exact) mass is 342 g/mol. The van der Waals surface area contributed by atoms with Gasteiger partial charge in [0.2, 0.25) is 0 Å². The number of amides is 2. The second kappa shape index (κ2) is 8.50. The molecule has 0 aromatic heterocycles. The van der Waals surface area contributed by atoms with Crippen LogP contribution in [-0.4, -0.2) is 37.2 Å². The molecular weight excluding hydrogens is 319 g/mol. The Labute approximate surface area is 141 Å². The molecule has 1 aliphatic rings. The number of methoxy groups -OCH3 is 1.